The Morgan fingerprint density at radius 1 is 0.867 bits per heavy atom. The number of phenolic OH excluding ortho intramolecular Hbond substituents is 1. The van der Waals surface area contributed by atoms with Crippen molar-refractivity contribution in [3.05, 3.63) is 90.0 Å². The average molecular weight is 402 g/mol. The van der Waals surface area contributed by atoms with E-state index in [1.165, 1.54) is 0 Å². The largest absolute Gasteiger partial charge is 0.508 e. The highest BCUT2D eigenvalue weighted by Gasteiger charge is 2.30. The normalized spacial score (nSPS) is 15.6. The van der Waals surface area contributed by atoms with Crippen molar-refractivity contribution in [3.8, 4) is 5.75 Å². The molecule has 1 saturated heterocycles. The minimum Gasteiger partial charge on any atom is -0.508 e. The van der Waals surface area contributed by atoms with Gasteiger partial charge in [0.05, 0.1) is 0 Å². The van der Waals surface area contributed by atoms with Gasteiger partial charge in [-0.2, -0.15) is 0 Å². The van der Waals surface area contributed by atoms with Crippen molar-refractivity contribution in [1.82, 2.24) is 4.90 Å². The fraction of sp³-hybridized carbons (Fsp3) is 0.240. The highest BCUT2D eigenvalue weighted by Crippen LogP contribution is 2.26. The maximum atomic E-state index is 13.3. The van der Waals surface area contributed by atoms with Gasteiger partial charge in [-0.25, -0.2) is 0 Å². The fourth-order valence-electron chi connectivity index (χ4n) is 3.91. The molecule has 1 aliphatic rings. The molecular weight excluding hydrogens is 374 g/mol. The van der Waals surface area contributed by atoms with Crippen molar-refractivity contribution >= 4 is 17.3 Å². The third-order valence-corrected chi connectivity index (χ3v) is 5.58. The topological polar surface area (TPSA) is 55.8 Å². The predicted molar refractivity (Wildman–Crippen MR) is 121 cm³/mol. The van der Waals surface area contributed by atoms with Crippen molar-refractivity contribution in [2.24, 2.45) is 0 Å². The summed E-state index contributed by atoms with van der Waals surface area (Å²) in [6.45, 7) is 5.24. The molecule has 1 amide bonds. The van der Waals surface area contributed by atoms with Gasteiger partial charge in [0.2, 0.25) is 5.91 Å². The van der Waals surface area contributed by atoms with Crippen molar-refractivity contribution < 1.29 is 9.90 Å². The van der Waals surface area contributed by atoms with E-state index in [4.69, 9.17) is 0 Å². The van der Waals surface area contributed by atoms with Gasteiger partial charge in [-0.3, -0.25) is 9.69 Å². The summed E-state index contributed by atoms with van der Waals surface area (Å²) in [7, 11) is 0. The number of phenols is 1. The van der Waals surface area contributed by atoms with Crippen LogP contribution in [-0.4, -0.2) is 42.1 Å². The lowest BCUT2D eigenvalue weighted by molar-refractivity contribution is -0.121. The van der Waals surface area contributed by atoms with E-state index in [1.807, 2.05) is 73.7 Å². The van der Waals surface area contributed by atoms with Crippen LogP contribution in [0.3, 0.4) is 0 Å². The van der Waals surface area contributed by atoms with Gasteiger partial charge >= 0.3 is 0 Å². The molecule has 3 aromatic carbocycles. The molecule has 0 bridgehead atoms. The van der Waals surface area contributed by atoms with Crippen LogP contribution in [0.1, 0.15) is 17.2 Å². The van der Waals surface area contributed by atoms with Gasteiger partial charge in [0.25, 0.3) is 0 Å². The molecular formula is C25H27N3O2. The molecule has 0 radical (unpaired) electrons. The summed E-state index contributed by atoms with van der Waals surface area (Å²) < 4.78 is 0. The van der Waals surface area contributed by atoms with Gasteiger partial charge in [-0.1, -0.05) is 48.0 Å². The van der Waals surface area contributed by atoms with Gasteiger partial charge in [0, 0.05) is 37.6 Å². The second kappa shape index (κ2) is 9.01. The van der Waals surface area contributed by atoms with Gasteiger partial charge in [0.15, 0.2) is 0 Å². The van der Waals surface area contributed by atoms with Crippen molar-refractivity contribution in [3.63, 3.8) is 0 Å². The number of piperazine rings is 1. The number of rotatable bonds is 5. The minimum absolute atomic E-state index is 0.0110. The molecule has 1 heterocycles. The Kier molecular flexibility index (Phi) is 6.00. The number of hydrogen-bond acceptors (Lipinski definition) is 4. The Labute approximate surface area is 177 Å². The second-order valence-corrected chi connectivity index (χ2v) is 7.71. The molecule has 0 aliphatic carbocycles. The van der Waals surface area contributed by atoms with Crippen molar-refractivity contribution in [1.29, 1.82) is 0 Å². The first-order valence-corrected chi connectivity index (χ1v) is 10.3. The van der Waals surface area contributed by atoms with Crippen LogP contribution in [0.2, 0.25) is 0 Å². The molecule has 1 atom stereocenters. The summed E-state index contributed by atoms with van der Waals surface area (Å²) in [5, 5.41) is 12.6. The number of aryl methyl sites for hydroxylation is 1. The summed E-state index contributed by atoms with van der Waals surface area (Å²) in [6, 6.07) is 24.8. The number of carbonyl (C=O) groups excluding carboxylic acids is 1. The maximum Gasteiger partial charge on any atom is 0.246 e. The van der Waals surface area contributed by atoms with Crippen molar-refractivity contribution in [2.75, 3.05) is 36.4 Å². The summed E-state index contributed by atoms with van der Waals surface area (Å²) >= 11 is 0. The van der Waals surface area contributed by atoms with Crippen LogP contribution in [-0.2, 0) is 4.79 Å². The Bertz CT molecular complexity index is 964. The smallest absolute Gasteiger partial charge is 0.246 e. The molecule has 154 valence electrons. The van der Waals surface area contributed by atoms with Gasteiger partial charge in [0.1, 0.15) is 11.8 Å². The number of amides is 1. The minimum atomic E-state index is -0.338. The quantitative estimate of drug-likeness (QED) is 0.673. The number of nitrogens with zero attached hydrogens (tertiary/aromatic N) is 2. The van der Waals surface area contributed by atoms with Crippen molar-refractivity contribution in [2.45, 2.75) is 13.0 Å². The van der Waals surface area contributed by atoms with Crippen LogP contribution in [0.4, 0.5) is 11.4 Å². The van der Waals surface area contributed by atoms with Crippen LogP contribution >= 0.6 is 0 Å². The monoisotopic (exact) mass is 401 g/mol. The van der Waals surface area contributed by atoms with E-state index in [1.54, 1.807) is 12.1 Å². The highest BCUT2D eigenvalue weighted by atomic mass is 16.3. The number of aromatic hydroxyl groups is 1. The first-order chi connectivity index (χ1) is 14.6. The van der Waals surface area contributed by atoms with E-state index in [0.29, 0.717) is 0 Å². The van der Waals surface area contributed by atoms with E-state index in [2.05, 4.69) is 15.1 Å². The lowest BCUT2D eigenvalue weighted by Crippen LogP contribution is -2.50. The zero-order chi connectivity index (χ0) is 20.9. The molecule has 4 rings (SSSR count). The summed E-state index contributed by atoms with van der Waals surface area (Å²) in [5.41, 5.74) is 4.07. The fourth-order valence-corrected chi connectivity index (χ4v) is 3.91. The Morgan fingerprint density at radius 2 is 1.50 bits per heavy atom. The molecule has 3 aromatic rings. The van der Waals surface area contributed by atoms with E-state index in [9.17, 15) is 9.90 Å². The second-order valence-electron chi connectivity index (χ2n) is 7.71. The number of benzene rings is 3. The third kappa shape index (κ3) is 4.63. The molecule has 1 unspecified atom stereocenters. The number of nitrogens with one attached hydrogen (secondary N) is 1. The Morgan fingerprint density at radius 3 is 2.13 bits per heavy atom. The van der Waals surface area contributed by atoms with Gasteiger partial charge in [-0.15, -0.1) is 0 Å². The first kappa shape index (κ1) is 20.0. The summed E-state index contributed by atoms with van der Waals surface area (Å²) in [6.07, 6.45) is 0. The molecule has 0 saturated carbocycles. The van der Waals surface area contributed by atoms with Crippen LogP contribution in [0.25, 0.3) is 0 Å². The molecule has 5 nitrogen and oxygen atoms in total. The highest BCUT2D eigenvalue weighted by molar-refractivity contribution is 5.95. The first-order valence-electron chi connectivity index (χ1n) is 10.3. The average Bonchev–Trinajstić information content (AvgIpc) is 2.77. The lowest BCUT2D eigenvalue weighted by atomic mass is 10.0. The third-order valence-electron chi connectivity index (χ3n) is 5.58. The van der Waals surface area contributed by atoms with E-state index < -0.39 is 0 Å². The number of anilines is 2. The van der Waals surface area contributed by atoms with Crippen LogP contribution < -0.4 is 10.2 Å². The Hall–Kier alpha value is -3.31. The standard InChI is InChI=1S/C25H27N3O2/c1-19-7-9-21(10-8-19)26-25(30)24(20-5-3-2-4-6-20)28-17-15-27(16-18-28)22-11-13-23(29)14-12-22/h2-14,24,29H,15-18H2,1H3,(H,26,30). The SMILES string of the molecule is Cc1ccc(NC(=O)C(c2ccccc2)N2CCN(c3ccc(O)cc3)CC2)cc1. The molecule has 0 aromatic heterocycles. The van der Waals surface area contributed by atoms with E-state index in [0.717, 1.165) is 48.7 Å². The molecule has 0 spiro atoms. The molecule has 5 heteroatoms. The molecule has 1 fully saturated rings. The van der Waals surface area contributed by atoms with E-state index >= 15 is 0 Å². The summed E-state index contributed by atoms with van der Waals surface area (Å²) in [5.74, 6) is 0.262. The van der Waals surface area contributed by atoms with Gasteiger partial charge in [-0.05, 0) is 48.9 Å². The Balaban J connectivity index is 1.50. The molecule has 30 heavy (non-hydrogen) atoms. The number of carbonyl (C=O) groups is 1. The summed E-state index contributed by atoms with van der Waals surface area (Å²) in [4.78, 5) is 17.8. The van der Waals surface area contributed by atoms with Gasteiger partial charge < -0.3 is 15.3 Å². The maximum absolute atomic E-state index is 13.3. The lowest BCUT2D eigenvalue weighted by Gasteiger charge is -2.39. The van der Waals surface area contributed by atoms with E-state index in [-0.39, 0.29) is 17.7 Å². The van der Waals surface area contributed by atoms with Crippen LogP contribution in [0.5, 0.6) is 5.75 Å². The zero-order valence-corrected chi connectivity index (χ0v) is 17.2. The van der Waals surface area contributed by atoms with Crippen LogP contribution in [0, 0.1) is 6.92 Å². The predicted octanol–water partition coefficient (Wildman–Crippen LogP) is 4.20. The molecule has 1 aliphatic heterocycles. The number of hydrogen-bond donors (Lipinski definition) is 2. The molecule has 2 N–H and O–H groups in total. The van der Waals surface area contributed by atoms with Crippen LogP contribution in [0.15, 0.2) is 78.9 Å². The zero-order valence-electron chi connectivity index (χ0n) is 17.2.